The second-order valence-corrected chi connectivity index (χ2v) is 3.74. The number of nitrogens with two attached hydrogens (primary N) is 1. The number of nitrogens with one attached hydrogen (secondary N) is 2. The minimum atomic E-state index is -0.829. The van der Waals surface area contributed by atoms with Crippen molar-refractivity contribution in [3.8, 4) is 0 Å². The summed E-state index contributed by atoms with van der Waals surface area (Å²) in [5.41, 5.74) is 4.36. The Labute approximate surface area is 110 Å². The van der Waals surface area contributed by atoms with Gasteiger partial charge in [-0.15, -0.1) is 0 Å². The van der Waals surface area contributed by atoms with Gasteiger partial charge in [0.15, 0.2) is 0 Å². The molecule has 0 aliphatic carbocycles. The maximum Gasteiger partial charge on any atom is 0.319 e. The highest BCUT2D eigenvalue weighted by Crippen LogP contribution is 2.18. The van der Waals surface area contributed by atoms with E-state index >= 15 is 0 Å². The second kappa shape index (κ2) is 4.79. The Kier molecular flexibility index (Phi) is 3.16. The molecule has 2 heterocycles. The van der Waals surface area contributed by atoms with E-state index in [4.69, 9.17) is 5.73 Å². The number of amides is 2. The van der Waals surface area contributed by atoms with Gasteiger partial charge in [0.25, 0.3) is 11.8 Å². The maximum atomic E-state index is 11.9. The van der Waals surface area contributed by atoms with Crippen LogP contribution in [-0.2, 0) is 7.05 Å². The molecular weight excluding hydrogens is 270 g/mol. The summed E-state index contributed by atoms with van der Waals surface area (Å²) in [4.78, 5) is 33.1. The lowest BCUT2D eigenvalue weighted by Gasteiger charge is -2.03. The largest absolute Gasteiger partial charge is 0.364 e. The predicted molar refractivity (Wildman–Crippen MR) is 64.9 cm³/mol. The van der Waals surface area contributed by atoms with Crippen LogP contribution in [0.2, 0.25) is 0 Å². The number of anilines is 1. The molecule has 0 atom stereocenters. The number of carbonyl (C=O) groups is 2. The number of nitrogens with zero attached hydrogens (tertiary/aromatic N) is 4. The predicted octanol–water partition coefficient (Wildman–Crippen LogP) is -0.597. The molecular formula is C9H9N7O4. The molecule has 0 saturated heterocycles. The van der Waals surface area contributed by atoms with Crippen LogP contribution in [0.4, 0.5) is 11.4 Å². The highest BCUT2D eigenvalue weighted by molar-refractivity contribution is 6.08. The van der Waals surface area contributed by atoms with Crippen LogP contribution in [0.1, 0.15) is 21.0 Å². The van der Waals surface area contributed by atoms with Crippen molar-refractivity contribution in [3.05, 3.63) is 33.9 Å². The second-order valence-electron chi connectivity index (χ2n) is 3.74. The Bertz CT molecular complexity index is 701. The monoisotopic (exact) mass is 279 g/mol. The van der Waals surface area contributed by atoms with Crippen LogP contribution in [0.25, 0.3) is 0 Å². The molecule has 4 N–H and O–H groups in total. The zero-order chi connectivity index (χ0) is 14.9. The van der Waals surface area contributed by atoms with Crippen LogP contribution in [0.5, 0.6) is 0 Å². The van der Waals surface area contributed by atoms with Crippen molar-refractivity contribution in [2.24, 2.45) is 12.8 Å². The molecule has 0 radical (unpaired) electrons. The molecule has 0 fully saturated rings. The van der Waals surface area contributed by atoms with E-state index in [1.807, 2.05) is 0 Å². The standard InChI is InChI=1S/C9H9N7O4/c1-15-7(8(10)17)4(2-12-15)13-9(18)6-5(16(19)20)3-11-14-6/h2-3H,1H3,(H2,10,17)(H,11,14)(H,13,18). The Morgan fingerprint density at radius 2 is 2.20 bits per heavy atom. The van der Waals surface area contributed by atoms with Crippen LogP contribution in [0, 0.1) is 10.1 Å². The SMILES string of the molecule is Cn1ncc(NC(=O)c2[nH]ncc2[N+](=O)[O-])c1C(N)=O. The fraction of sp³-hybridized carbons (Fsp3) is 0.111. The van der Waals surface area contributed by atoms with Crippen LogP contribution in [0.3, 0.4) is 0 Å². The highest BCUT2D eigenvalue weighted by atomic mass is 16.6. The van der Waals surface area contributed by atoms with E-state index in [9.17, 15) is 19.7 Å². The van der Waals surface area contributed by atoms with Crippen molar-refractivity contribution < 1.29 is 14.5 Å². The zero-order valence-corrected chi connectivity index (χ0v) is 10.2. The van der Waals surface area contributed by atoms with Crippen molar-refractivity contribution in [3.63, 3.8) is 0 Å². The average molecular weight is 279 g/mol. The van der Waals surface area contributed by atoms with Gasteiger partial charge in [-0.1, -0.05) is 0 Å². The van der Waals surface area contributed by atoms with Gasteiger partial charge in [-0.25, -0.2) is 0 Å². The maximum absolute atomic E-state index is 11.9. The number of hydrogen-bond acceptors (Lipinski definition) is 6. The number of carbonyl (C=O) groups excluding carboxylic acids is 2. The minimum absolute atomic E-state index is 0.0273. The third kappa shape index (κ3) is 2.19. The van der Waals surface area contributed by atoms with Crippen molar-refractivity contribution in [1.82, 2.24) is 20.0 Å². The first kappa shape index (κ1) is 13.2. The fourth-order valence-corrected chi connectivity index (χ4v) is 1.59. The number of hydrogen-bond donors (Lipinski definition) is 3. The average Bonchev–Trinajstić information content (AvgIpc) is 2.95. The lowest BCUT2D eigenvalue weighted by molar-refractivity contribution is -0.385. The van der Waals surface area contributed by atoms with Crippen LogP contribution >= 0.6 is 0 Å². The van der Waals surface area contributed by atoms with E-state index in [0.717, 1.165) is 6.20 Å². The summed E-state index contributed by atoms with van der Waals surface area (Å²) >= 11 is 0. The van der Waals surface area contributed by atoms with Gasteiger partial charge in [0.1, 0.15) is 11.9 Å². The van der Waals surface area contributed by atoms with Gasteiger partial charge in [0.05, 0.1) is 16.8 Å². The van der Waals surface area contributed by atoms with Gasteiger partial charge in [-0.05, 0) is 0 Å². The van der Waals surface area contributed by atoms with E-state index in [2.05, 4.69) is 20.6 Å². The molecule has 2 amide bonds. The molecule has 0 aliphatic rings. The molecule has 2 aromatic heterocycles. The highest BCUT2D eigenvalue weighted by Gasteiger charge is 2.24. The number of nitro groups is 1. The summed E-state index contributed by atoms with van der Waals surface area (Å²) in [7, 11) is 1.47. The summed E-state index contributed by atoms with van der Waals surface area (Å²) in [6.45, 7) is 0. The van der Waals surface area contributed by atoms with Crippen molar-refractivity contribution >= 4 is 23.2 Å². The molecule has 104 valence electrons. The Hall–Kier alpha value is -3.24. The lowest BCUT2D eigenvalue weighted by Crippen LogP contribution is -2.20. The molecule has 0 spiro atoms. The summed E-state index contributed by atoms with van der Waals surface area (Å²) in [6, 6.07) is 0. The van der Waals surface area contributed by atoms with Gasteiger partial charge in [-0.3, -0.25) is 29.5 Å². The first-order chi connectivity index (χ1) is 9.41. The van der Waals surface area contributed by atoms with Crippen LogP contribution < -0.4 is 11.1 Å². The number of aryl methyl sites for hydroxylation is 1. The number of H-pyrrole nitrogens is 1. The van der Waals surface area contributed by atoms with Gasteiger partial charge >= 0.3 is 5.69 Å². The summed E-state index contributed by atoms with van der Waals surface area (Å²) in [5.74, 6) is -1.62. The first-order valence-electron chi connectivity index (χ1n) is 5.22. The van der Waals surface area contributed by atoms with E-state index < -0.39 is 22.4 Å². The number of primary amides is 1. The molecule has 11 nitrogen and oxygen atoms in total. The molecule has 2 aromatic rings. The first-order valence-corrected chi connectivity index (χ1v) is 5.22. The quantitative estimate of drug-likeness (QED) is 0.500. The third-order valence-electron chi connectivity index (χ3n) is 2.46. The molecule has 20 heavy (non-hydrogen) atoms. The van der Waals surface area contributed by atoms with Crippen LogP contribution in [0.15, 0.2) is 12.4 Å². The van der Waals surface area contributed by atoms with Gasteiger partial charge < -0.3 is 11.1 Å². The summed E-state index contributed by atoms with van der Waals surface area (Å²) in [5, 5.41) is 22.4. The van der Waals surface area contributed by atoms with E-state index in [1.165, 1.54) is 17.9 Å². The molecule has 0 aliphatic heterocycles. The molecule has 11 heteroatoms. The molecule has 0 unspecified atom stereocenters. The Morgan fingerprint density at radius 3 is 2.80 bits per heavy atom. The van der Waals surface area contributed by atoms with E-state index in [-0.39, 0.29) is 17.1 Å². The number of rotatable bonds is 4. The van der Waals surface area contributed by atoms with Gasteiger partial charge in [0, 0.05) is 7.05 Å². The van der Waals surface area contributed by atoms with Gasteiger partial charge in [0.2, 0.25) is 5.69 Å². The molecule has 0 saturated carbocycles. The van der Waals surface area contributed by atoms with E-state index in [1.54, 1.807) is 0 Å². The minimum Gasteiger partial charge on any atom is -0.364 e. The van der Waals surface area contributed by atoms with Gasteiger partial charge in [-0.2, -0.15) is 10.2 Å². The molecule has 2 rings (SSSR count). The fourth-order valence-electron chi connectivity index (χ4n) is 1.59. The van der Waals surface area contributed by atoms with Crippen molar-refractivity contribution in [2.45, 2.75) is 0 Å². The zero-order valence-electron chi connectivity index (χ0n) is 10.2. The normalized spacial score (nSPS) is 10.2. The topological polar surface area (TPSA) is 162 Å². The smallest absolute Gasteiger partial charge is 0.319 e. The summed E-state index contributed by atoms with van der Waals surface area (Å²) in [6.07, 6.45) is 2.12. The van der Waals surface area contributed by atoms with Crippen molar-refractivity contribution in [1.29, 1.82) is 0 Å². The summed E-state index contributed by atoms with van der Waals surface area (Å²) < 4.78 is 1.18. The van der Waals surface area contributed by atoms with Crippen molar-refractivity contribution in [2.75, 3.05) is 5.32 Å². The molecule has 0 bridgehead atoms. The lowest BCUT2D eigenvalue weighted by atomic mass is 10.3. The van der Waals surface area contributed by atoms with Crippen LogP contribution in [-0.4, -0.2) is 36.7 Å². The number of aromatic nitrogens is 4. The van der Waals surface area contributed by atoms with E-state index in [0.29, 0.717) is 0 Å². The molecule has 0 aromatic carbocycles. The Morgan fingerprint density at radius 1 is 1.50 bits per heavy atom. The third-order valence-corrected chi connectivity index (χ3v) is 2.46. The Balaban J connectivity index is 2.31. The number of aromatic amines is 1.